The molecule has 11 unspecified atom stereocenters. The van der Waals surface area contributed by atoms with Crippen LogP contribution >= 0.6 is 0 Å². The number of benzene rings is 1. The van der Waals surface area contributed by atoms with E-state index in [0.717, 1.165) is 50.0 Å². The lowest BCUT2D eigenvalue weighted by Crippen LogP contribution is -2.65. The highest BCUT2D eigenvalue weighted by molar-refractivity contribution is 5.76. The zero-order valence-corrected chi connectivity index (χ0v) is 32.2. The zero-order chi connectivity index (χ0) is 35.1. The van der Waals surface area contributed by atoms with Crippen molar-refractivity contribution >= 4 is 12.0 Å². The third-order valence-corrected chi connectivity index (χ3v) is 17.1. The molecule has 1 aromatic rings. The molecule has 1 aliphatic heterocycles. The Kier molecular flexibility index (Phi) is 7.23. The molecule has 0 bridgehead atoms. The standard InChI is InChI=1S/C45H62O4/c1-26(2)29-13-12-27(3)31-23-37-45(10,33(31)22-29)49-34-24-32-30(28(4)38(34)48-37)14-15-35-42(32,7)19-21-44(9)36-25-41(6,39(46)47-11)17-16-40(36,5)18-20-43(35,44)8/h14-15,24,27,29,35-37H,1,12-13,16-23,25H2,2-11H3. The van der Waals surface area contributed by atoms with Crippen molar-refractivity contribution in [2.45, 2.75) is 150 Å². The largest absolute Gasteiger partial charge is 0.481 e. The lowest BCUT2D eigenvalue weighted by atomic mass is 9.33. The second-order valence-electron chi connectivity index (χ2n) is 19.6. The van der Waals surface area contributed by atoms with Crippen molar-refractivity contribution in [1.82, 2.24) is 0 Å². The fraction of sp³-hybridized carbons (Fsp3) is 0.711. The first-order valence-electron chi connectivity index (χ1n) is 19.6. The van der Waals surface area contributed by atoms with E-state index >= 15 is 0 Å². The number of ether oxygens (including phenoxy) is 3. The van der Waals surface area contributed by atoms with Gasteiger partial charge >= 0.3 is 5.97 Å². The highest BCUT2D eigenvalue weighted by Gasteiger charge is 2.68. The molecule has 11 atom stereocenters. The SMILES string of the molecule is C=C(C)C1CCC(C)C2=C(C1)C1(C)Oc3cc4c(c(C)c3OC1C2)C=CC1C4(C)CCC2(C)C3CC(C)(C(=O)OC)CCC3(C)CCC12C. The van der Waals surface area contributed by atoms with Gasteiger partial charge in [-0.25, -0.2) is 0 Å². The summed E-state index contributed by atoms with van der Waals surface area (Å²) in [5.74, 6) is 3.84. The Balaban J connectivity index is 1.17. The van der Waals surface area contributed by atoms with Crippen molar-refractivity contribution in [3.05, 3.63) is 52.1 Å². The molecule has 3 fully saturated rings. The molecular weight excluding hydrogens is 604 g/mol. The zero-order valence-electron chi connectivity index (χ0n) is 32.2. The van der Waals surface area contributed by atoms with Gasteiger partial charge in [0.2, 0.25) is 0 Å². The quantitative estimate of drug-likeness (QED) is 0.233. The number of esters is 1. The Labute approximate surface area is 296 Å². The number of rotatable bonds is 2. The van der Waals surface area contributed by atoms with Gasteiger partial charge in [-0.1, -0.05) is 64.5 Å². The third kappa shape index (κ3) is 4.30. The van der Waals surface area contributed by atoms with Crippen molar-refractivity contribution < 1.29 is 19.0 Å². The molecule has 1 heterocycles. The summed E-state index contributed by atoms with van der Waals surface area (Å²) in [5.41, 5.74) is 8.05. The molecule has 49 heavy (non-hydrogen) atoms. The second-order valence-corrected chi connectivity index (χ2v) is 19.6. The van der Waals surface area contributed by atoms with E-state index in [-0.39, 0.29) is 33.7 Å². The van der Waals surface area contributed by atoms with Gasteiger partial charge in [-0.2, -0.15) is 0 Å². The Morgan fingerprint density at radius 1 is 0.959 bits per heavy atom. The van der Waals surface area contributed by atoms with Crippen LogP contribution in [-0.2, 0) is 14.9 Å². The van der Waals surface area contributed by atoms with Crippen molar-refractivity contribution in [1.29, 1.82) is 0 Å². The molecule has 8 rings (SSSR count). The fourth-order valence-corrected chi connectivity index (χ4v) is 13.4. The molecule has 7 aliphatic rings. The van der Waals surface area contributed by atoms with Crippen molar-refractivity contribution in [2.24, 2.45) is 45.3 Å². The van der Waals surface area contributed by atoms with Crippen LogP contribution in [0, 0.1) is 52.3 Å². The summed E-state index contributed by atoms with van der Waals surface area (Å²) in [7, 11) is 1.57. The van der Waals surface area contributed by atoms with Gasteiger partial charge in [-0.05, 0) is 155 Å². The van der Waals surface area contributed by atoms with E-state index in [1.807, 2.05) is 0 Å². The lowest BCUT2D eigenvalue weighted by Gasteiger charge is -2.71. The number of methoxy groups -OCH3 is 1. The minimum absolute atomic E-state index is 0.00467. The topological polar surface area (TPSA) is 44.8 Å². The van der Waals surface area contributed by atoms with Gasteiger partial charge in [0, 0.05) is 17.4 Å². The number of carbonyl (C=O) groups excluding carboxylic acids is 1. The van der Waals surface area contributed by atoms with Crippen LogP contribution in [0.3, 0.4) is 0 Å². The molecule has 0 saturated heterocycles. The number of fused-ring (bicyclic) bond motifs is 10. The normalized spacial score (nSPS) is 46.3. The van der Waals surface area contributed by atoms with Crippen LogP contribution in [0.5, 0.6) is 11.5 Å². The molecule has 0 radical (unpaired) electrons. The Hall–Kier alpha value is -2.49. The predicted molar refractivity (Wildman–Crippen MR) is 198 cm³/mol. The first-order chi connectivity index (χ1) is 22.9. The molecular formula is C45H62O4. The predicted octanol–water partition coefficient (Wildman–Crippen LogP) is 11.1. The van der Waals surface area contributed by atoms with Gasteiger partial charge in [-0.3, -0.25) is 4.79 Å². The molecule has 6 aliphatic carbocycles. The summed E-state index contributed by atoms with van der Waals surface area (Å²) < 4.78 is 19.8. The lowest BCUT2D eigenvalue weighted by molar-refractivity contribution is -0.205. The van der Waals surface area contributed by atoms with Crippen LogP contribution < -0.4 is 9.47 Å². The summed E-state index contributed by atoms with van der Waals surface area (Å²) in [6.45, 7) is 26.1. The van der Waals surface area contributed by atoms with E-state index in [2.05, 4.69) is 87.1 Å². The first kappa shape index (κ1) is 33.6. The molecule has 0 N–H and O–H groups in total. The molecule has 3 saturated carbocycles. The average molecular weight is 667 g/mol. The second kappa shape index (κ2) is 10.5. The molecule has 266 valence electrons. The molecule has 0 spiro atoms. The maximum absolute atomic E-state index is 13.2. The van der Waals surface area contributed by atoms with Gasteiger partial charge < -0.3 is 14.2 Å². The van der Waals surface area contributed by atoms with Gasteiger partial charge in [0.25, 0.3) is 0 Å². The molecule has 4 heteroatoms. The minimum Gasteiger partial charge on any atom is -0.481 e. The van der Waals surface area contributed by atoms with Gasteiger partial charge in [0.05, 0.1) is 12.5 Å². The maximum Gasteiger partial charge on any atom is 0.311 e. The van der Waals surface area contributed by atoms with Crippen molar-refractivity contribution in [2.75, 3.05) is 7.11 Å². The molecule has 0 amide bonds. The van der Waals surface area contributed by atoms with Gasteiger partial charge in [0.15, 0.2) is 17.1 Å². The maximum atomic E-state index is 13.2. The van der Waals surface area contributed by atoms with Gasteiger partial charge in [0.1, 0.15) is 6.10 Å². The summed E-state index contributed by atoms with van der Waals surface area (Å²) in [4.78, 5) is 13.2. The molecule has 1 aromatic carbocycles. The summed E-state index contributed by atoms with van der Waals surface area (Å²) in [6.07, 6.45) is 17.2. The van der Waals surface area contributed by atoms with Crippen LogP contribution in [0.2, 0.25) is 0 Å². The van der Waals surface area contributed by atoms with E-state index in [9.17, 15) is 4.79 Å². The molecule has 0 aromatic heterocycles. The highest BCUT2D eigenvalue weighted by Crippen LogP contribution is 2.75. The van der Waals surface area contributed by atoms with Crippen LogP contribution in [0.15, 0.2) is 35.4 Å². The number of hydrogen-bond acceptors (Lipinski definition) is 4. The van der Waals surface area contributed by atoms with Crippen molar-refractivity contribution in [3.8, 4) is 11.5 Å². The third-order valence-electron chi connectivity index (χ3n) is 17.1. The van der Waals surface area contributed by atoms with Crippen LogP contribution in [0.4, 0.5) is 0 Å². The molecule has 4 nitrogen and oxygen atoms in total. The van der Waals surface area contributed by atoms with Crippen LogP contribution in [0.1, 0.15) is 143 Å². The number of hydrogen-bond donors (Lipinski definition) is 0. The first-order valence-corrected chi connectivity index (χ1v) is 19.6. The highest BCUT2D eigenvalue weighted by atomic mass is 16.6. The van der Waals surface area contributed by atoms with E-state index in [0.29, 0.717) is 23.7 Å². The van der Waals surface area contributed by atoms with Crippen molar-refractivity contribution in [3.63, 3.8) is 0 Å². The number of allylic oxidation sites excluding steroid dienone is 2. The van der Waals surface area contributed by atoms with E-state index < -0.39 is 11.0 Å². The van der Waals surface area contributed by atoms with E-state index in [1.165, 1.54) is 59.9 Å². The minimum atomic E-state index is -0.446. The average Bonchev–Trinajstić information content (AvgIpc) is 3.22. The fourth-order valence-electron chi connectivity index (χ4n) is 13.4. The summed E-state index contributed by atoms with van der Waals surface area (Å²) in [5, 5.41) is 0. The van der Waals surface area contributed by atoms with E-state index in [4.69, 9.17) is 14.2 Å². The smallest absolute Gasteiger partial charge is 0.311 e. The van der Waals surface area contributed by atoms with Crippen LogP contribution in [0.25, 0.3) is 6.08 Å². The monoisotopic (exact) mass is 666 g/mol. The number of carbonyl (C=O) groups is 1. The Morgan fingerprint density at radius 2 is 1.67 bits per heavy atom. The Bertz CT molecular complexity index is 1700. The van der Waals surface area contributed by atoms with E-state index in [1.54, 1.807) is 12.7 Å². The van der Waals surface area contributed by atoms with Crippen LogP contribution in [-0.4, -0.2) is 24.8 Å². The Morgan fingerprint density at radius 3 is 2.39 bits per heavy atom. The summed E-state index contributed by atoms with van der Waals surface area (Å²) >= 11 is 0. The van der Waals surface area contributed by atoms with Gasteiger partial charge in [-0.15, -0.1) is 0 Å². The summed E-state index contributed by atoms with van der Waals surface area (Å²) in [6, 6.07) is 2.42.